The number of hydrogen-bond acceptors (Lipinski definition) is 4. The van der Waals surface area contributed by atoms with E-state index in [2.05, 4.69) is 10.5 Å². The van der Waals surface area contributed by atoms with Crippen LogP contribution in [-0.4, -0.2) is 23.8 Å². The quantitative estimate of drug-likeness (QED) is 0.859. The zero-order chi connectivity index (χ0) is 18.5. The van der Waals surface area contributed by atoms with Gasteiger partial charge in [0.25, 0.3) is 5.91 Å². The van der Waals surface area contributed by atoms with E-state index >= 15 is 0 Å². The predicted octanol–water partition coefficient (Wildman–Crippen LogP) is 3.84. The highest BCUT2D eigenvalue weighted by Gasteiger charge is 2.29. The minimum Gasteiger partial charge on any atom is -0.491 e. The largest absolute Gasteiger partial charge is 0.491 e. The number of nitrogens with zero attached hydrogens (tertiary/aromatic N) is 1. The van der Waals surface area contributed by atoms with E-state index in [-0.39, 0.29) is 18.1 Å². The Bertz CT molecular complexity index is 787. The van der Waals surface area contributed by atoms with Crippen LogP contribution in [0.5, 0.6) is 5.75 Å². The molecule has 1 aliphatic rings. The van der Waals surface area contributed by atoms with Gasteiger partial charge in [0.15, 0.2) is 0 Å². The third-order valence-electron chi connectivity index (χ3n) is 4.16. The van der Waals surface area contributed by atoms with Crippen molar-refractivity contribution in [2.24, 2.45) is 5.16 Å². The number of oxime groups is 1. The lowest BCUT2D eigenvalue weighted by Gasteiger charge is -2.18. The molecule has 2 aromatic carbocycles. The monoisotopic (exact) mass is 352 g/mol. The topological polar surface area (TPSA) is 59.9 Å². The third-order valence-corrected chi connectivity index (χ3v) is 4.16. The van der Waals surface area contributed by atoms with E-state index in [0.717, 1.165) is 22.6 Å². The average molecular weight is 352 g/mol. The number of ether oxygens (including phenoxy) is 1. The summed E-state index contributed by atoms with van der Waals surface area (Å²) in [6.45, 7) is 5.92. The number of benzene rings is 2. The maximum atomic E-state index is 12.5. The molecule has 5 nitrogen and oxygen atoms in total. The van der Waals surface area contributed by atoms with Gasteiger partial charge in [0.2, 0.25) is 6.10 Å². The number of rotatable bonds is 6. The first-order valence-corrected chi connectivity index (χ1v) is 8.88. The van der Waals surface area contributed by atoms with Crippen molar-refractivity contribution >= 4 is 11.6 Å². The second kappa shape index (κ2) is 8.04. The van der Waals surface area contributed by atoms with Crippen LogP contribution in [0.3, 0.4) is 0 Å². The Labute approximate surface area is 154 Å². The summed E-state index contributed by atoms with van der Waals surface area (Å²) in [5.41, 5.74) is 2.76. The van der Waals surface area contributed by atoms with Crippen LogP contribution in [0.1, 0.15) is 44.4 Å². The van der Waals surface area contributed by atoms with Gasteiger partial charge in [0.1, 0.15) is 5.75 Å². The molecule has 1 N–H and O–H groups in total. The standard InChI is InChI=1S/C21H24N2O3/c1-14(2)25-18-11-7-10-17(12-18)15(3)22-21(24)20-13-19(23-26-20)16-8-5-4-6-9-16/h4-12,14-15,20H,13H2,1-3H3,(H,22,24). The lowest BCUT2D eigenvalue weighted by molar-refractivity contribution is -0.131. The molecule has 1 heterocycles. The van der Waals surface area contributed by atoms with Crippen LogP contribution in [0.15, 0.2) is 59.8 Å². The first kappa shape index (κ1) is 18.0. The Hall–Kier alpha value is -2.82. The van der Waals surface area contributed by atoms with E-state index in [9.17, 15) is 4.79 Å². The van der Waals surface area contributed by atoms with Crippen LogP contribution in [0, 0.1) is 0 Å². The highest BCUT2D eigenvalue weighted by atomic mass is 16.6. The van der Waals surface area contributed by atoms with Crippen LogP contribution >= 0.6 is 0 Å². The van der Waals surface area contributed by atoms with E-state index in [0.29, 0.717) is 6.42 Å². The molecule has 0 aliphatic carbocycles. The molecule has 26 heavy (non-hydrogen) atoms. The Kier molecular flexibility index (Phi) is 5.56. The molecule has 2 unspecified atom stereocenters. The fourth-order valence-corrected chi connectivity index (χ4v) is 2.84. The molecule has 0 saturated heterocycles. The smallest absolute Gasteiger partial charge is 0.264 e. The fourth-order valence-electron chi connectivity index (χ4n) is 2.84. The van der Waals surface area contributed by atoms with Gasteiger partial charge in [0, 0.05) is 6.42 Å². The lowest BCUT2D eigenvalue weighted by atomic mass is 10.0. The van der Waals surface area contributed by atoms with Gasteiger partial charge in [0.05, 0.1) is 17.9 Å². The van der Waals surface area contributed by atoms with Gasteiger partial charge < -0.3 is 14.9 Å². The molecule has 0 spiro atoms. The molecule has 0 saturated carbocycles. The molecule has 136 valence electrons. The number of carbonyl (C=O) groups excluding carboxylic acids is 1. The van der Waals surface area contributed by atoms with Gasteiger partial charge >= 0.3 is 0 Å². The summed E-state index contributed by atoms with van der Waals surface area (Å²) < 4.78 is 5.72. The van der Waals surface area contributed by atoms with Crippen molar-refractivity contribution in [3.63, 3.8) is 0 Å². The van der Waals surface area contributed by atoms with Gasteiger partial charge in [-0.25, -0.2) is 0 Å². The summed E-state index contributed by atoms with van der Waals surface area (Å²) in [4.78, 5) is 17.9. The molecule has 0 bridgehead atoms. The first-order valence-electron chi connectivity index (χ1n) is 8.88. The highest BCUT2D eigenvalue weighted by Crippen LogP contribution is 2.22. The normalized spacial score (nSPS) is 17.4. The minimum atomic E-state index is -0.595. The SMILES string of the molecule is CC(C)Oc1cccc(C(C)NC(=O)C2CC(c3ccccc3)=NO2)c1. The average Bonchev–Trinajstić information content (AvgIpc) is 3.12. The summed E-state index contributed by atoms with van der Waals surface area (Å²) in [6, 6.07) is 17.4. The predicted molar refractivity (Wildman–Crippen MR) is 101 cm³/mol. The van der Waals surface area contributed by atoms with Crippen LogP contribution in [-0.2, 0) is 9.63 Å². The Morgan fingerprint density at radius 1 is 1.15 bits per heavy atom. The molecule has 0 radical (unpaired) electrons. The van der Waals surface area contributed by atoms with Crippen molar-refractivity contribution in [2.45, 2.75) is 45.4 Å². The van der Waals surface area contributed by atoms with Crippen LogP contribution in [0.4, 0.5) is 0 Å². The minimum absolute atomic E-state index is 0.107. The van der Waals surface area contributed by atoms with Crippen molar-refractivity contribution in [3.8, 4) is 5.75 Å². The van der Waals surface area contributed by atoms with Crippen LogP contribution in [0.25, 0.3) is 0 Å². The number of amides is 1. The summed E-state index contributed by atoms with van der Waals surface area (Å²) in [5.74, 6) is 0.632. The van der Waals surface area contributed by atoms with Gasteiger partial charge in [-0.05, 0) is 44.0 Å². The molecule has 1 aliphatic heterocycles. The van der Waals surface area contributed by atoms with Crippen molar-refractivity contribution in [1.29, 1.82) is 0 Å². The van der Waals surface area contributed by atoms with Gasteiger partial charge in [-0.15, -0.1) is 0 Å². The molecular weight excluding hydrogens is 328 g/mol. The zero-order valence-electron chi connectivity index (χ0n) is 15.3. The molecule has 5 heteroatoms. The Balaban J connectivity index is 1.59. The molecule has 3 rings (SSSR count). The summed E-state index contributed by atoms with van der Waals surface area (Å²) in [7, 11) is 0. The van der Waals surface area contributed by atoms with E-state index in [1.807, 2.05) is 75.4 Å². The molecule has 0 fully saturated rings. The summed E-state index contributed by atoms with van der Waals surface area (Å²) in [5, 5.41) is 7.07. The number of nitrogens with one attached hydrogen (secondary N) is 1. The van der Waals surface area contributed by atoms with E-state index in [1.165, 1.54) is 0 Å². The molecular formula is C21H24N2O3. The van der Waals surface area contributed by atoms with E-state index in [4.69, 9.17) is 9.57 Å². The molecule has 0 aromatic heterocycles. The highest BCUT2D eigenvalue weighted by molar-refractivity contribution is 6.04. The summed E-state index contributed by atoms with van der Waals surface area (Å²) in [6.07, 6.45) is -0.0163. The van der Waals surface area contributed by atoms with Crippen molar-refractivity contribution in [3.05, 3.63) is 65.7 Å². The van der Waals surface area contributed by atoms with Crippen LogP contribution in [0.2, 0.25) is 0 Å². The zero-order valence-corrected chi connectivity index (χ0v) is 15.3. The maximum absolute atomic E-state index is 12.5. The lowest BCUT2D eigenvalue weighted by Crippen LogP contribution is -2.36. The second-order valence-corrected chi connectivity index (χ2v) is 6.67. The second-order valence-electron chi connectivity index (χ2n) is 6.67. The number of carbonyl (C=O) groups is 1. The van der Waals surface area contributed by atoms with E-state index in [1.54, 1.807) is 0 Å². The first-order chi connectivity index (χ1) is 12.5. The molecule has 1 amide bonds. The van der Waals surface area contributed by atoms with Crippen LogP contribution < -0.4 is 10.1 Å². The van der Waals surface area contributed by atoms with Crippen molar-refractivity contribution < 1.29 is 14.4 Å². The Morgan fingerprint density at radius 2 is 1.92 bits per heavy atom. The van der Waals surface area contributed by atoms with Gasteiger partial charge in [-0.2, -0.15) is 0 Å². The van der Waals surface area contributed by atoms with Crippen molar-refractivity contribution in [1.82, 2.24) is 5.32 Å². The summed E-state index contributed by atoms with van der Waals surface area (Å²) >= 11 is 0. The third kappa shape index (κ3) is 4.42. The maximum Gasteiger partial charge on any atom is 0.264 e. The van der Waals surface area contributed by atoms with E-state index < -0.39 is 6.10 Å². The van der Waals surface area contributed by atoms with Gasteiger partial charge in [-0.3, -0.25) is 4.79 Å². The van der Waals surface area contributed by atoms with Gasteiger partial charge in [-0.1, -0.05) is 47.6 Å². The fraction of sp³-hybridized carbons (Fsp3) is 0.333. The molecule has 2 aromatic rings. The molecule has 2 atom stereocenters. The Morgan fingerprint density at radius 3 is 2.65 bits per heavy atom. The number of hydrogen-bond donors (Lipinski definition) is 1. The van der Waals surface area contributed by atoms with Crippen molar-refractivity contribution in [2.75, 3.05) is 0 Å².